The SMILES string of the molecule is C#CCCCCOC(=O)C(O[C@H]1C=C[C@]23OC(=O)[C@@]1(C)C2[C@H](C(=O)OC)[C@]12CC(=C)[C@](O)(CCC31)C2)c1ccc([N+](=O)[O-])cc1. The monoisotopic (exact) mass is 619 g/mol. The van der Waals surface area contributed by atoms with E-state index >= 15 is 0 Å². The molecule has 0 amide bonds. The van der Waals surface area contributed by atoms with Crippen molar-refractivity contribution in [2.45, 2.75) is 75.3 Å². The van der Waals surface area contributed by atoms with Gasteiger partial charge in [-0.05, 0) is 80.2 Å². The molecule has 6 rings (SSSR count). The zero-order chi connectivity index (χ0) is 32.4. The summed E-state index contributed by atoms with van der Waals surface area (Å²) in [5.74, 6) is -1.04. The van der Waals surface area contributed by atoms with Gasteiger partial charge in [0.15, 0.2) is 6.10 Å². The van der Waals surface area contributed by atoms with Crippen LogP contribution in [0.1, 0.15) is 63.5 Å². The maximum Gasteiger partial charge on any atom is 0.339 e. The summed E-state index contributed by atoms with van der Waals surface area (Å²) in [6.07, 6.45) is 9.85. The summed E-state index contributed by atoms with van der Waals surface area (Å²) >= 11 is 0. The second-order valence-electron chi connectivity index (χ2n) is 13.3. The van der Waals surface area contributed by atoms with Gasteiger partial charge in [0.1, 0.15) is 11.0 Å². The van der Waals surface area contributed by atoms with Crippen LogP contribution < -0.4 is 0 Å². The van der Waals surface area contributed by atoms with E-state index in [-0.39, 0.29) is 18.2 Å². The van der Waals surface area contributed by atoms with E-state index in [0.29, 0.717) is 56.1 Å². The number of nitro benzene ring substituents is 1. The zero-order valence-electron chi connectivity index (χ0n) is 25.4. The van der Waals surface area contributed by atoms with Gasteiger partial charge in [-0.15, -0.1) is 12.3 Å². The fourth-order valence-corrected chi connectivity index (χ4v) is 9.18. The number of methoxy groups -OCH3 is 1. The number of fused-ring (bicyclic) bond motifs is 1. The molecule has 1 aliphatic heterocycles. The minimum Gasteiger partial charge on any atom is -0.469 e. The van der Waals surface area contributed by atoms with Crippen LogP contribution in [0.3, 0.4) is 0 Å². The van der Waals surface area contributed by atoms with Crippen LogP contribution in [-0.4, -0.2) is 59.0 Å². The lowest BCUT2D eigenvalue weighted by Gasteiger charge is -2.44. The summed E-state index contributed by atoms with van der Waals surface area (Å²) < 4.78 is 23.7. The average Bonchev–Trinajstić information content (AvgIpc) is 3.43. The van der Waals surface area contributed by atoms with Crippen LogP contribution in [0.5, 0.6) is 0 Å². The maximum absolute atomic E-state index is 14.0. The van der Waals surface area contributed by atoms with Gasteiger partial charge >= 0.3 is 17.9 Å². The Morgan fingerprint density at radius 3 is 2.69 bits per heavy atom. The molecule has 4 fully saturated rings. The average molecular weight is 620 g/mol. The third-order valence-corrected chi connectivity index (χ3v) is 11.1. The van der Waals surface area contributed by atoms with Gasteiger partial charge in [0.25, 0.3) is 5.69 Å². The number of hydrogen-bond donors (Lipinski definition) is 1. The summed E-state index contributed by atoms with van der Waals surface area (Å²) in [6, 6.07) is 5.36. The Bertz CT molecular complexity index is 1530. The fourth-order valence-electron chi connectivity index (χ4n) is 9.18. The Kier molecular flexibility index (Phi) is 7.45. The van der Waals surface area contributed by atoms with E-state index in [2.05, 4.69) is 12.5 Å². The smallest absolute Gasteiger partial charge is 0.339 e. The van der Waals surface area contributed by atoms with Crippen molar-refractivity contribution in [1.82, 2.24) is 0 Å². The number of hydrogen-bond acceptors (Lipinski definition) is 10. The topological polar surface area (TPSA) is 152 Å². The first-order chi connectivity index (χ1) is 21.4. The van der Waals surface area contributed by atoms with Crippen molar-refractivity contribution in [3.8, 4) is 12.3 Å². The molecule has 4 bridgehead atoms. The second-order valence-corrected chi connectivity index (χ2v) is 13.3. The summed E-state index contributed by atoms with van der Waals surface area (Å²) in [5, 5.41) is 22.7. The summed E-state index contributed by atoms with van der Waals surface area (Å²) in [4.78, 5) is 51.9. The van der Waals surface area contributed by atoms with Gasteiger partial charge in [-0.3, -0.25) is 19.7 Å². The molecule has 1 aromatic rings. The second kappa shape index (κ2) is 10.8. The molecule has 0 radical (unpaired) electrons. The molecule has 1 spiro atoms. The molecule has 3 unspecified atom stereocenters. The predicted molar refractivity (Wildman–Crippen MR) is 158 cm³/mol. The van der Waals surface area contributed by atoms with E-state index < -0.39 is 68.9 Å². The highest BCUT2D eigenvalue weighted by Gasteiger charge is 2.84. The van der Waals surface area contributed by atoms with Crippen LogP contribution in [-0.2, 0) is 33.3 Å². The zero-order valence-corrected chi connectivity index (χ0v) is 25.4. The lowest BCUT2D eigenvalue weighted by atomic mass is 9.61. The number of rotatable bonds is 10. The molecule has 238 valence electrons. The largest absolute Gasteiger partial charge is 0.469 e. The molecule has 5 aliphatic rings. The van der Waals surface area contributed by atoms with Crippen molar-refractivity contribution >= 4 is 23.6 Å². The molecule has 9 atom stereocenters. The van der Waals surface area contributed by atoms with E-state index in [0.717, 1.165) is 0 Å². The van der Waals surface area contributed by atoms with Crippen LogP contribution in [0.25, 0.3) is 0 Å². The number of esters is 3. The minimum atomic E-state index is -1.42. The van der Waals surface area contributed by atoms with Gasteiger partial charge in [0.05, 0.1) is 36.3 Å². The highest BCUT2D eigenvalue weighted by atomic mass is 16.6. The van der Waals surface area contributed by atoms with Crippen LogP contribution in [0, 0.1) is 51.0 Å². The number of carbonyl (C=O) groups is 3. The summed E-state index contributed by atoms with van der Waals surface area (Å²) in [7, 11) is 1.31. The number of nitro groups is 1. The Morgan fingerprint density at radius 2 is 2.02 bits per heavy atom. The molecule has 45 heavy (non-hydrogen) atoms. The Morgan fingerprint density at radius 1 is 1.29 bits per heavy atom. The summed E-state index contributed by atoms with van der Waals surface area (Å²) in [5.41, 5.74) is -3.60. The molecular weight excluding hydrogens is 582 g/mol. The first kappa shape index (κ1) is 31.0. The number of unbranched alkanes of at least 4 members (excludes halogenated alkanes) is 2. The van der Waals surface area contributed by atoms with Crippen molar-refractivity contribution in [2.75, 3.05) is 13.7 Å². The molecule has 0 aromatic heterocycles. The van der Waals surface area contributed by atoms with E-state index in [4.69, 9.17) is 25.4 Å². The molecule has 11 nitrogen and oxygen atoms in total. The minimum absolute atomic E-state index is 0.0836. The van der Waals surface area contributed by atoms with Crippen LogP contribution >= 0.6 is 0 Å². The molecule has 1 saturated heterocycles. The Balaban J connectivity index is 1.38. The standard InChI is InChI=1S/C34H37NO10/c1-5-6-7-8-17-43-29(37)26(21-9-11-22(12-10-21)35(40)41)44-24-14-16-34-23-13-15-33(39)19-32(23,18-20(33)2)25(28(36)42-4)27(34)31(24,3)30(38)45-34/h1,9-12,14,16,23-27,39H,2,6-8,13,15,17-19H2,3-4H3/t23?,24-,25+,26?,27?,31+,32-,33-,34+/m0/s1. The number of ether oxygens (including phenoxy) is 4. The van der Waals surface area contributed by atoms with Crippen LogP contribution in [0.4, 0.5) is 5.69 Å². The van der Waals surface area contributed by atoms with Crippen molar-refractivity contribution < 1.29 is 43.4 Å². The van der Waals surface area contributed by atoms with Gasteiger partial charge in [0.2, 0.25) is 0 Å². The molecule has 1 heterocycles. The lowest BCUT2D eigenvalue weighted by molar-refractivity contribution is -0.384. The summed E-state index contributed by atoms with van der Waals surface area (Å²) in [6.45, 7) is 5.93. The van der Waals surface area contributed by atoms with E-state index in [1.54, 1.807) is 19.1 Å². The molecule has 11 heteroatoms. The highest BCUT2D eigenvalue weighted by molar-refractivity contribution is 5.87. The van der Waals surface area contributed by atoms with Crippen LogP contribution in [0.15, 0.2) is 48.6 Å². The van der Waals surface area contributed by atoms with Gasteiger partial charge in [-0.25, -0.2) is 4.79 Å². The van der Waals surface area contributed by atoms with E-state index in [1.165, 1.54) is 31.4 Å². The first-order valence-corrected chi connectivity index (χ1v) is 15.3. The van der Waals surface area contributed by atoms with Crippen molar-refractivity contribution in [3.63, 3.8) is 0 Å². The highest BCUT2D eigenvalue weighted by Crippen LogP contribution is 2.77. The molecule has 1 aromatic carbocycles. The predicted octanol–water partition coefficient (Wildman–Crippen LogP) is 4.14. The van der Waals surface area contributed by atoms with Crippen molar-refractivity contribution in [3.05, 3.63) is 64.2 Å². The lowest BCUT2D eigenvalue weighted by Crippen LogP contribution is -2.52. The third-order valence-electron chi connectivity index (χ3n) is 11.1. The third kappa shape index (κ3) is 4.36. The molecule has 1 N–H and O–H groups in total. The molecular formula is C34H37NO10. The van der Waals surface area contributed by atoms with E-state index in [1.807, 2.05) is 0 Å². The Labute approximate surface area is 261 Å². The fraction of sp³-hybridized carbons (Fsp3) is 0.559. The quantitative estimate of drug-likeness (QED) is 0.0770. The van der Waals surface area contributed by atoms with Gasteiger partial charge in [0, 0.05) is 30.4 Å². The normalized spacial score (nSPS) is 37.6. The number of benzene rings is 1. The van der Waals surface area contributed by atoms with Crippen molar-refractivity contribution in [1.29, 1.82) is 0 Å². The number of nitrogens with zero attached hydrogens (tertiary/aromatic N) is 1. The van der Waals surface area contributed by atoms with Gasteiger partial charge < -0.3 is 24.1 Å². The molecule has 3 saturated carbocycles. The van der Waals surface area contributed by atoms with Gasteiger partial charge in [-0.2, -0.15) is 0 Å². The first-order valence-electron chi connectivity index (χ1n) is 15.3. The van der Waals surface area contributed by atoms with Crippen molar-refractivity contribution in [2.24, 2.45) is 28.6 Å². The number of carbonyl (C=O) groups excluding carboxylic acids is 3. The van der Waals surface area contributed by atoms with E-state index in [9.17, 15) is 29.6 Å². The number of aliphatic hydroxyl groups is 1. The Hall–Kier alpha value is -4.01. The molecule has 4 aliphatic carbocycles. The van der Waals surface area contributed by atoms with Crippen LogP contribution in [0.2, 0.25) is 0 Å². The maximum atomic E-state index is 14.0. The number of terminal acetylenes is 1. The van der Waals surface area contributed by atoms with Gasteiger partial charge in [-0.1, -0.05) is 12.7 Å². The number of non-ortho nitro benzene ring substituents is 1.